The Morgan fingerprint density at radius 1 is 1.41 bits per heavy atom. The third kappa shape index (κ3) is 3.08. The fourth-order valence-corrected chi connectivity index (χ4v) is 3.01. The molecule has 0 spiro atoms. The van der Waals surface area contributed by atoms with Gasteiger partial charge in [0.25, 0.3) is 0 Å². The van der Waals surface area contributed by atoms with Gasteiger partial charge in [-0.15, -0.1) is 0 Å². The number of fused-ring (bicyclic) bond motifs is 1. The summed E-state index contributed by atoms with van der Waals surface area (Å²) in [5, 5.41) is 10.3. The van der Waals surface area contributed by atoms with E-state index < -0.39 is 5.60 Å². The van der Waals surface area contributed by atoms with Crippen LogP contribution in [-0.2, 0) is 6.42 Å². The first kappa shape index (κ1) is 12.6. The molecule has 1 aliphatic carbocycles. The molecule has 1 aromatic carbocycles. The van der Waals surface area contributed by atoms with E-state index in [2.05, 4.69) is 24.3 Å². The molecule has 0 saturated carbocycles. The van der Waals surface area contributed by atoms with Crippen molar-refractivity contribution in [3.63, 3.8) is 0 Å². The SMILES string of the molecule is CC(O)(CCN)CC1CCCc2ccccc21. The van der Waals surface area contributed by atoms with Gasteiger partial charge in [0.05, 0.1) is 5.60 Å². The molecule has 0 fully saturated rings. The third-order valence-electron chi connectivity index (χ3n) is 3.86. The average molecular weight is 233 g/mol. The fraction of sp³-hybridized carbons (Fsp3) is 0.600. The minimum Gasteiger partial charge on any atom is -0.390 e. The first-order valence-corrected chi connectivity index (χ1v) is 6.63. The number of aliphatic hydroxyl groups is 1. The number of aryl methyl sites for hydroxylation is 1. The number of nitrogens with two attached hydrogens (primary N) is 1. The average Bonchev–Trinajstić information content (AvgIpc) is 2.29. The van der Waals surface area contributed by atoms with Crippen LogP contribution in [0.4, 0.5) is 0 Å². The van der Waals surface area contributed by atoms with Gasteiger partial charge in [0.1, 0.15) is 0 Å². The number of hydrogen-bond donors (Lipinski definition) is 2. The lowest BCUT2D eigenvalue weighted by Crippen LogP contribution is -2.30. The molecule has 0 aromatic heterocycles. The summed E-state index contributed by atoms with van der Waals surface area (Å²) in [6.07, 6.45) is 5.14. The van der Waals surface area contributed by atoms with Gasteiger partial charge in [-0.1, -0.05) is 24.3 Å². The van der Waals surface area contributed by atoms with E-state index in [1.807, 2.05) is 6.92 Å². The smallest absolute Gasteiger partial charge is 0.0637 e. The van der Waals surface area contributed by atoms with E-state index in [1.165, 1.54) is 30.4 Å². The van der Waals surface area contributed by atoms with Gasteiger partial charge in [-0.25, -0.2) is 0 Å². The topological polar surface area (TPSA) is 46.2 Å². The van der Waals surface area contributed by atoms with Gasteiger partial charge in [-0.05, 0) is 62.6 Å². The highest BCUT2D eigenvalue weighted by molar-refractivity contribution is 5.32. The highest BCUT2D eigenvalue weighted by Gasteiger charge is 2.28. The van der Waals surface area contributed by atoms with E-state index in [4.69, 9.17) is 5.73 Å². The zero-order chi connectivity index (χ0) is 12.3. The standard InChI is InChI=1S/C15H23NO/c1-15(17,9-10-16)11-13-7-4-6-12-5-2-3-8-14(12)13/h2-3,5,8,13,17H,4,6-7,9-11,16H2,1H3. The molecule has 2 nitrogen and oxygen atoms in total. The van der Waals surface area contributed by atoms with E-state index in [-0.39, 0.29) is 0 Å². The molecule has 1 aromatic rings. The van der Waals surface area contributed by atoms with E-state index in [9.17, 15) is 5.11 Å². The summed E-state index contributed by atoms with van der Waals surface area (Å²) in [6.45, 7) is 2.47. The lowest BCUT2D eigenvalue weighted by molar-refractivity contribution is 0.0354. The van der Waals surface area contributed by atoms with Crippen LogP contribution < -0.4 is 5.73 Å². The summed E-state index contributed by atoms with van der Waals surface area (Å²) in [5.74, 6) is 0.501. The van der Waals surface area contributed by atoms with Gasteiger partial charge in [0.2, 0.25) is 0 Å². The molecule has 1 aliphatic rings. The highest BCUT2D eigenvalue weighted by Crippen LogP contribution is 2.37. The highest BCUT2D eigenvalue weighted by atomic mass is 16.3. The predicted octanol–water partition coefficient (Wildman–Crippen LogP) is 2.60. The lowest BCUT2D eigenvalue weighted by Gasteiger charge is -2.32. The number of hydrogen-bond acceptors (Lipinski definition) is 2. The molecule has 0 radical (unpaired) electrons. The van der Waals surface area contributed by atoms with Crippen LogP contribution in [0.2, 0.25) is 0 Å². The molecule has 0 heterocycles. The van der Waals surface area contributed by atoms with E-state index in [0.717, 1.165) is 6.42 Å². The Kier molecular flexibility index (Phi) is 3.85. The van der Waals surface area contributed by atoms with Gasteiger partial charge in [-0.2, -0.15) is 0 Å². The Bertz CT molecular complexity index is 373. The summed E-state index contributed by atoms with van der Waals surface area (Å²) in [6, 6.07) is 8.66. The Morgan fingerprint density at radius 2 is 2.18 bits per heavy atom. The van der Waals surface area contributed by atoms with Crippen molar-refractivity contribution in [2.24, 2.45) is 5.73 Å². The first-order valence-electron chi connectivity index (χ1n) is 6.63. The van der Waals surface area contributed by atoms with Crippen molar-refractivity contribution in [1.29, 1.82) is 0 Å². The molecule has 3 N–H and O–H groups in total. The molecule has 0 bridgehead atoms. The van der Waals surface area contributed by atoms with Crippen LogP contribution in [0.1, 0.15) is 49.7 Å². The van der Waals surface area contributed by atoms with Crippen molar-refractivity contribution in [3.05, 3.63) is 35.4 Å². The molecule has 2 atom stereocenters. The minimum atomic E-state index is -0.621. The van der Waals surface area contributed by atoms with Crippen molar-refractivity contribution in [2.45, 2.75) is 50.5 Å². The first-order chi connectivity index (χ1) is 8.12. The minimum absolute atomic E-state index is 0.501. The predicted molar refractivity (Wildman–Crippen MR) is 71.0 cm³/mol. The van der Waals surface area contributed by atoms with Crippen molar-refractivity contribution in [3.8, 4) is 0 Å². The monoisotopic (exact) mass is 233 g/mol. The third-order valence-corrected chi connectivity index (χ3v) is 3.86. The van der Waals surface area contributed by atoms with E-state index >= 15 is 0 Å². The summed E-state index contributed by atoms with van der Waals surface area (Å²) >= 11 is 0. The largest absolute Gasteiger partial charge is 0.390 e. The summed E-state index contributed by atoms with van der Waals surface area (Å²) in [4.78, 5) is 0. The fourth-order valence-electron chi connectivity index (χ4n) is 3.01. The Hall–Kier alpha value is -0.860. The maximum absolute atomic E-state index is 10.3. The second-order valence-corrected chi connectivity index (χ2v) is 5.53. The maximum Gasteiger partial charge on any atom is 0.0637 e. The molecule has 2 heteroatoms. The number of rotatable bonds is 4. The van der Waals surface area contributed by atoms with Crippen molar-refractivity contribution in [2.75, 3.05) is 6.54 Å². The molecule has 94 valence electrons. The van der Waals surface area contributed by atoms with Gasteiger partial charge in [0.15, 0.2) is 0 Å². The summed E-state index contributed by atoms with van der Waals surface area (Å²) in [5.41, 5.74) is 7.84. The molecule has 17 heavy (non-hydrogen) atoms. The Labute approximate surface area is 104 Å². The van der Waals surface area contributed by atoms with Crippen LogP contribution in [0.15, 0.2) is 24.3 Å². The van der Waals surface area contributed by atoms with Crippen LogP contribution in [0.5, 0.6) is 0 Å². The molecular weight excluding hydrogens is 210 g/mol. The lowest BCUT2D eigenvalue weighted by atomic mass is 9.76. The molecule has 0 saturated heterocycles. The van der Waals surface area contributed by atoms with Gasteiger partial charge < -0.3 is 10.8 Å². The second kappa shape index (κ2) is 5.19. The van der Waals surface area contributed by atoms with Crippen molar-refractivity contribution < 1.29 is 5.11 Å². The van der Waals surface area contributed by atoms with Crippen molar-refractivity contribution >= 4 is 0 Å². The second-order valence-electron chi connectivity index (χ2n) is 5.53. The normalized spacial score (nSPS) is 22.9. The van der Waals surface area contributed by atoms with E-state index in [1.54, 1.807) is 0 Å². The molecule has 0 amide bonds. The van der Waals surface area contributed by atoms with Gasteiger partial charge in [0, 0.05) is 0 Å². The molecule has 2 unspecified atom stereocenters. The zero-order valence-electron chi connectivity index (χ0n) is 10.7. The summed E-state index contributed by atoms with van der Waals surface area (Å²) < 4.78 is 0. The Morgan fingerprint density at radius 3 is 2.94 bits per heavy atom. The molecule has 0 aliphatic heterocycles. The Balaban J connectivity index is 2.13. The van der Waals surface area contributed by atoms with Crippen LogP contribution in [0.25, 0.3) is 0 Å². The zero-order valence-corrected chi connectivity index (χ0v) is 10.7. The van der Waals surface area contributed by atoms with Gasteiger partial charge in [-0.3, -0.25) is 0 Å². The van der Waals surface area contributed by atoms with Crippen LogP contribution in [0, 0.1) is 0 Å². The summed E-state index contributed by atoms with van der Waals surface area (Å²) in [7, 11) is 0. The van der Waals surface area contributed by atoms with Gasteiger partial charge >= 0.3 is 0 Å². The van der Waals surface area contributed by atoms with Crippen LogP contribution >= 0.6 is 0 Å². The number of benzene rings is 1. The van der Waals surface area contributed by atoms with Crippen LogP contribution in [0.3, 0.4) is 0 Å². The van der Waals surface area contributed by atoms with Crippen molar-refractivity contribution in [1.82, 2.24) is 0 Å². The molecule has 2 rings (SSSR count). The molecular formula is C15H23NO. The van der Waals surface area contributed by atoms with Crippen LogP contribution in [-0.4, -0.2) is 17.3 Å². The quantitative estimate of drug-likeness (QED) is 0.839. The van der Waals surface area contributed by atoms with E-state index in [0.29, 0.717) is 18.9 Å². The maximum atomic E-state index is 10.3.